The third-order valence-electron chi connectivity index (χ3n) is 5.96. The molecule has 7 nitrogen and oxygen atoms in total. The lowest BCUT2D eigenvalue weighted by Crippen LogP contribution is -2.44. The number of likely N-dealkylation sites (tertiary alicyclic amines) is 1. The second-order valence-corrected chi connectivity index (χ2v) is 9.70. The van der Waals surface area contributed by atoms with E-state index in [0.717, 1.165) is 12.1 Å². The van der Waals surface area contributed by atoms with Crippen LogP contribution < -0.4 is 10.1 Å². The Hall–Kier alpha value is -2.58. The van der Waals surface area contributed by atoms with Crippen molar-refractivity contribution in [1.29, 1.82) is 0 Å². The molecule has 2 heterocycles. The van der Waals surface area contributed by atoms with Gasteiger partial charge in [-0.15, -0.1) is 0 Å². The quantitative estimate of drug-likeness (QED) is 0.794. The molecule has 0 unspecified atom stereocenters. The maximum Gasteiger partial charge on any atom is 0.321 e. The highest BCUT2D eigenvalue weighted by molar-refractivity contribution is 7.89. The summed E-state index contributed by atoms with van der Waals surface area (Å²) in [7, 11) is -2.05. The van der Waals surface area contributed by atoms with E-state index in [0.29, 0.717) is 31.7 Å². The second-order valence-electron chi connectivity index (χ2n) is 7.74. The topological polar surface area (TPSA) is 79.0 Å². The standard InChI is InChI=1S/C22H27N3O4S/c1-3-16-8-10-17(11-9-16)23-22(26)25-14-12-18-19(13-15-25)29-20-6-4-5-7-21(20)30(27,28)24(18)2/h4-11,18-19H,3,12-15H2,1-2H3,(H,23,26)/t18-,19-/m1/s1. The van der Waals surface area contributed by atoms with Gasteiger partial charge in [-0.3, -0.25) is 0 Å². The van der Waals surface area contributed by atoms with Crippen LogP contribution >= 0.6 is 0 Å². The van der Waals surface area contributed by atoms with Crippen molar-refractivity contribution in [3.8, 4) is 5.75 Å². The number of fused-ring (bicyclic) bond motifs is 2. The van der Waals surface area contributed by atoms with Crippen molar-refractivity contribution >= 4 is 21.7 Å². The van der Waals surface area contributed by atoms with E-state index in [-0.39, 0.29) is 23.1 Å². The number of benzene rings is 2. The molecule has 0 bridgehead atoms. The molecule has 1 N–H and O–H groups in total. The number of urea groups is 1. The van der Waals surface area contributed by atoms with Crippen molar-refractivity contribution in [2.45, 2.75) is 43.2 Å². The largest absolute Gasteiger partial charge is 0.487 e. The van der Waals surface area contributed by atoms with Gasteiger partial charge in [0.1, 0.15) is 16.7 Å². The number of nitrogens with zero attached hydrogens (tertiary/aromatic N) is 2. The predicted octanol–water partition coefficient (Wildman–Crippen LogP) is 3.33. The molecular formula is C22H27N3O4S. The molecule has 0 saturated carbocycles. The number of hydrogen-bond donors (Lipinski definition) is 1. The fourth-order valence-corrected chi connectivity index (χ4v) is 5.63. The molecule has 160 valence electrons. The Kier molecular flexibility index (Phi) is 5.71. The Morgan fingerprint density at radius 1 is 1.10 bits per heavy atom. The molecule has 0 aromatic heterocycles. The van der Waals surface area contributed by atoms with E-state index >= 15 is 0 Å². The van der Waals surface area contributed by atoms with Crippen LogP contribution in [0.3, 0.4) is 0 Å². The fourth-order valence-electron chi connectivity index (χ4n) is 4.10. The number of ether oxygens (including phenoxy) is 1. The van der Waals surface area contributed by atoms with Gasteiger partial charge < -0.3 is 15.0 Å². The summed E-state index contributed by atoms with van der Waals surface area (Å²) in [6, 6.07) is 14.0. The van der Waals surface area contributed by atoms with Crippen LogP contribution in [0.25, 0.3) is 0 Å². The first-order valence-corrected chi connectivity index (χ1v) is 11.7. The van der Waals surface area contributed by atoms with Crippen molar-refractivity contribution in [3.05, 3.63) is 54.1 Å². The van der Waals surface area contributed by atoms with Crippen LogP contribution in [0.1, 0.15) is 25.3 Å². The second kappa shape index (κ2) is 8.28. The third-order valence-corrected chi connectivity index (χ3v) is 7.88. The van der Waals surface area contributed by atoms with E-state index in [2.05, 4.69) is 12.2 Å². The van der Waals surface area contributed by atoms with Crippen LogP contribution in [0.2, 0.25) is 0 Å². The first-order chi connectivity index (χ1) is 14.4. The lowest BCUT2D eigenvalue weighted by molar-refractivity contribution is 0.122. The minimum atomic E-state index is -3.65. The normalized spacial score (nSPS) is 23.3. The molecule has 0 spiro atoms. The number of rotatable bonds is 2. The van der Waals surface area contributed by atoms with Gasteiger partial charge in [-0.2, -0.15) is 4.31 Å². The van der Waals surface area contributed by atoms with Gasteiger partial charge in [0, 0.05) is 32.2 Å². The summed E-state index contributed by atoms with van der Waals surface area (Å²) in [6.07, 6.45) is 1.70. The summed E-state index contributed by atoms with van der Waals surface area (Å²) >= 11 is 0. The number of carbonyl (C=O) groups is 1. The van der Waals surface area contributed by atoms with Crippen LogP contribution in [0, 0.1) is 0 Å². The minimum Gasteiger partial charge on any atom is -0.487 e. The van der Waals surface area contributed by atoms with Crippen molar-refractivity contribution < 1.29 is 17.9 Å². The Labute approximate surface area is 177 Å². The molecule has 8 heteroatoms. The first kappa shape index (κ1) is 20.7. The van der Waals surface area contributed by atoms with Gasteiger partial charge in [-0.05, 0) is 42.7 Å². The highest BCUT2D eigenvalue weighted by Crippen LogP contribution is 2.35. The Balaban J connectivity index is 1.50. The van der Waals surface area contributed by atoms with Crippen molar-refractivity contribution in [1.82, 2.24) is 9.21 Å². The molecule has 0 aliphatic carbocycles. The summed E-state index contributed by atoms with van der Waals surface area (Å²) in [5, 5.41) is 2.94. The SMILES string of the molecule is CCc1ccc(NC(=O)N2CC[C@@H]3[C@@H](CC2)Oc2ccccc2S(=O)(=O)N3C)cc1. The Bertz CT molecular complexity index is 1020. The highest BCUT2D eigenvalue weighted by Gasteiger charge is 2.41. The zero-order valence-corrected chi connectivity index (χ0v) is 18.1. The van der Waals surface area contributed by atoms with Gasteiger partial charge in [-0.25, -0.2) is 13.2 Å². The lowest BCUT2D eigenvalue weighted by Gasteiger charge is -2.28. The number of hydrogen-bond acceptors (Lipinski definition) is 4. The summed E-state index contributed by atoms with van der Waals surface area (Å²) in [5.41, 5.74) is 1.96. The molecule has 2 aliphatic heterocycles. The average molecular weight is 430 g/mol. The number of aryl methyl sites for hydroxylation is 1. The van der Waals surface area contributed by atoms with E-state index in [1.165, 1.54) is 9.87 Å². The first-order valence-electron chi connectivity index (χ1n) is 10.3. The Morgan fingerprint density at radius 2 is 1.80 bits per heavy atom. The predicted molar refractivity (Wildman–Crippen MR) is 115 cm³/mol. The third kappa shape index (κ3) is 3.89. The average Bonchev–Trinajstić information content (AvgIpc) is 3.00. The molecule has 2 amide bonds. The molecule has 2 atom stereocenters. The molecule has 1 saturated heterocycles. The Morgan fingerprint density at radius 3 is 2.53 bits per heavy atom. The number of nitrogens with one attached hydrogen (secondary N) is 1. The van der Waals surface area contributed by atoms with Crippen LogP contribution in [0.15, 0.2) is 53.4 Å². The van der Waals surface area contributed by atoms with Gasteiger partial charge in [-0.1, -0.05) is 31.2 Å². The summed E-state index contributed by atoms with van der Waals surface area (Å²) in [4.78, 5) is 14.7. The van der Waals surface area contributed by atoms with Crippen LogP contribution in [-0.2, 0) is 16.4 Å². The van der Waals surface area contributed by atoms with Gasteiger partial charge in [0.2, 0.25) is 10.0 Å². The lowest BCUT2D eigenvalue weighted by atomic mass is 10.1. The maximum absolute atomic E-state index is 13.1. The molecule has 0 radical (unpaired) electrons. The summed E-state index contributed by atoms with van der Waals surface area (Å²) in [6.45, 7) is 3.04. The van der Waals surface area contributed by atoms with E-state index < -0.39 is 10.0 Å². The van der Waals surface area contributed by atoms with Crippen molar-refractivity contribution in [3.63, 3.8) is 0 Å². The van der Waals surface area contributed by atoms with Crippen molar-refractivity contribution in [2.75, 3.05) is 25.5 Å². The van der Waals surface area contributed by atoms with E-state index in [9.17, 15) is 13.2 Å². The number of anilines is 1. The molecule has 4 rings (SSSR count). The van der Waals surface area contributed by atoms with Gasteiger partial charge in [0.25, 0.3) is 0 Å². The zero-order chi connectivity index (χ0) is 21.3. The van der Waals surface area contributed by atoms with Gasteiger partial charge in [0.05, 0.1) is 6.04 Å². The number of para-hydroxylation sites is 1. The van der Waals surface area contributed by atoms with E-state index in [1.54, 1.807) is 36.2 Å². The van der Waals surface area contributed by atoms with E-state index in [4.69, 9.17) is 4.74 Å². The van der Waals surface area contributed by atoms with Crippen LogP contribution in [0.5, 0.6) is 5.75 Å². The van der Waals surface area contributed by atoms with E-state index in [1.807, 2.05) is 24.3 Å². The highest BCUT2D eigenvalue weighted by atomic mass is 32.2. The smallest absolute Gasteiger partial charge is 0.321 e. The minimum absolute atomic E-state index is 0.179. The van der Waals surface area contributed by atoms with Gasteiger partial charge in [0.15, 0.2) is 0 Å². The number of amides is 2. The number of likely N-dealkylation sites (N-methyl/N-ethyl adjacent to an activating group) is 1. The summed E-state index contributed by atoms with van der Waals surface area (Å²) < 4.78 is 33.7. The van der Waals surface area contributed by atoms with Crippen LogP contribution in [-0.4, -0.2) is 55.9 Å². The molecule has 2 aromatic carbocycles. The zero-order valence-electron chi connectivity index (χ0n) is 17.2. The summed E-state index contributed by atoms with van der Waals surface area (Å²) in [5.74, 6) is 0.380. The van der Waals surface area contributed by atoms with Crippen molar-refractivity contribution in [2.24, 2.45) is 0 Å². The number of carbonyl (C=O) groups excluding carboxylic acids is 1. The van der Waals surface area contributed by atoms with Crippen LogP contribution in [0.4, 0.5) is 10.5 Å². The molecule has 1 fully saturated rings. The van der Waals surface area contributed by atoms with Gasteiger partial charge >= 0.3 is 6.03 Å². The fraction of sp³-hybridized carbons (Fsp3) is 0.409. The molecular weight excluding hydrogens is 402 g/mol. The molecule has 2 aromatic rings. The number of sulfonamides is 1. The molecule has 2 aliphatic rings. The molecule has 30 heavy (non-hydrogen) atoms. The maximum atomic E-state index is 13.1. The monoisotopic (exact) mass is 429 g/mol.